The minimum atomic E-state index is 0. The fraction of sp³-hybridized carbons (Fsp3) is 0.733. The molecular weight excluding hydrogens is 409 g/mol. The van der Waals surface area contributed by atoms with Gasteiger partial charge in [0.1, 0.15) is 12.0 Å². The minimum Gasteiger partial charge on any atom is -0.379 e. The first kappa shape index (κ1) is 18.5. The zero-order valence-corrected chi connectivity index (χ0v) is 15.9. The number of hydrogen-bond donors (Lipinski definition) is 1. The van der Waals surface area contributed by atoms with Crippen molar-refractivity contribution in [3.8, 4) is 0 Å². The van der Waals surface area contributed by atoms with E-state index in [-0.39, 0.29) is 24.0 Å². The summed E-state index contributed by atoms with van der Waals surface area (Å²) in [6, 6.07) is 2.47. The Morgan fingerprint density at radius 3 is 2.91 bits per heavy atom. The Labute approximate surface area is 154 Å². The van der Waals surface area contributed by atoms with E-state index in [1.807, 2.05) is 6.07 Å². The molecule has 2 saturated heterocycles. The van der Waals surface area contributed by atoms with Gasteiger partial charge >= 0.3 is 0 Å². The largest absolute Gasteiger partial charge is 0.379 e. The van der Waals surface area contributed by atoms with Crippen molar-refractivity contribution in [1.82, 2.24) is 20.3 Å². The molecular formula is C15H26IN5O2. The van der Waals surface area contributed by atoms with E-state index in [4.69, 9.17) is 9.26 Å². The van der Waals surface area contributed by atoms with Gasteiger partial charge in [0.2, 0.25) is 0 Å². The third-order valence-corrected chi connectivity index (χ3v) is 4.24. The van der Waals surface area contributed by atoms with E-state index in [0.29, 0.717) is 12.6 Å². The molecule has 3 rings (SSSR count). The van der Waals surface area contributed by atoms with Crippen LogP contribution in [0.3, 0.4) is 0 Å². The Kier molecular flexibility index (Phi) is 7.57. The minimum absolute atomic E-state index is 0. The predicted octanol–water partition coefficient (Wildman–Crippen LogP) is 1.16. The SMILES string of the molecule is CCNC(=NCc1ccon1)N1CCC(N2CCOCC2)C1.I. The van der Waals surface area contributed by atoms with Crippen molar-refractivity contribution in [2.24, 2.45) is 4.99 Å². The number of nitrogens with one attached hydrogen (secondary N) is 1. The van der Waals surface area contributed by atoms with Crippen LogP contribution in [-0.2, 0) is 11.3 Å². The summed E-state index contributed by atoms with van der Waals surface area (Å²) in [6.45, 7) is 9.41. The lowest BCUT2D eigenvalue weighted by atomic mass is 10.2. The molecule has 1 unspecified atom stereocenters. The third kappa shape index (κ3) is 5.05. The zero-order valence-electron chi connectivity index (χ0n) is 13.6. The molecule has 0 saturated carbocycles. The highest BCUT2D eigenvalue weighted by molar-refractivity contribution is 14.0. The first-order valence-corrected chi connectivity index (χ1v) is 8.11. The highest BCUT2D eigenvalue weighted by atomic mass is 127. The molecule has 2 aliphatic rings. The summed E-state index contributed by atoms with van der Waals surface area (Å²) in [4.78, 5) is 9.58. The molecule has 0 aromatic carbocycles. The van der Waals surface area contributed by atoms with Crippen LogP contribution in [0.5, 0.6) is 0 Å². The van der Waals surface area contributed by atoms with Crippen molar-refractivity contribution < 1.29 is 9.26 Å². The van der Waals surface area contributed by atoms with Crippen LogP contribution in [0.1, 0.15) is 19.0 Å². The van der Waals surface area contributed by atoms with E-state index < -0.39 is 0 Å². The number of guanidine groups is 1. The molecule has 130 valence electrons. The van der Waals surface area contributed by atoms with E-state index in [9.17, 15) is 0 Å². The number of likely N-dealkylation sites (tertiary alicyclic amines) is 1. The molecule has 0 radical (unpaired) electrons. The summed E-state index contributed by atoms with van der Waals surface area (Å²) in [7, 11) is 0. The molecule has 0 aliphatic carbocycles. The molecule has 23 heavy (non-hydrogen) atoms. The van der Waals surface area contributed by atoms with Gasteiger partial charge in [0, 0.05) is 44.8 Å². The number of rotatable bonds is 4. The van der Waals surface area contributed by atoms with Crippen LogP contribution in [0.25, 0.3) is 0 Å². The number of aliphatic imine (C=N–C) groups is 1. The van der Waals surface area contributed by atoms with E-state index in [1.165, 1.54) is 6.42 Å². The average Bonchev–Trinajstić information content (AvgIpc) is 3.24. The van der Waals surface area contributed by atoms with E-state index in [2.05, 4.69) is 32.2 Å². The van der Waals surface area contributed by atoms with Gasteiger partial charge in [-0.15, -0.1) is 24.0 Å². The Hall–Kier alpha value is -0.870. The fourth-order valence-corrected chi connectivity index (χ4v) is 3.08. The Morgan fingerprint density at radius 1 is 1.39 bits per heavy atom. The first-order valence-electron chi connectivity index (χ1n) is 8.11. The van der Waals surface area contributed by atoms with Crippen molar-refractivity contribution >= 4 is 29.9 Å². The van der Waals surface area contributed by atoms with Gasteiger partial charge in [0.25, 0.3) is 0 Å². The Balaban J connectivity index is 0.00000192. The van der Waals surface area contributed by atoms with Gasteiger partial charge in [0.05, 0.1) is 19.8 Å². The quantitative estimate of drug-likeness (QED) is 0.435. The van der Waals surface area contributed by atoms with Crippen molar-refractivity contribution in [1.29, 1.82) is 0 Å². The van der Waals surface area contributed by atoms with Gasteiger partial charge < -0.3 is 19.5 Å². The molecule has 1 aromatic heterocycles. The maximum atomic E-state index is 5.44. The van der Waals surface area contributed by atoms with Crippen LogP contribution in [0.4, 0.5) is 0 Å². The Bertz CT molecular complexity index is 476. The predicted molar refractivity (Wildman–Crippen MR) is 99.1 cm³/mol. The normalized spacial score (nSPS) is 22.9. The van der Waals surface area contributed by atoms with Gasteiger partial charge in [-0.1, -0.05) is 5.16 Å². The van der Waals surface area contributed by atoms with Gasteiger partial charge in [-0.3, -0.25) is 4.90 Å². The third-order valence-electron chi connectivity index (χ3n) is 4.24. The van der Waals surface area contributed by atoms with Gasteiger partial charge in [-0.05, 0) is 13.3 Å². The van der Waals surface area contributed by atoms with Crippen molar-refractivity contribution in [3.63, 3.8) is 0 Å². The highest BCUT2D eigenvalue weighted by Crippen LogP contribution is 2.17. The molecule has 1 atom stereocenters. The maximum Gasteiger partial charge on any atom is 0.194 e. The van der Waals surface area contributed by atoms with Crippen molar-refractivity contribution in [2.45, 2.75) is 25.9 Å². The Morgan fingerprint density at radius 2 is 2.22 bits per heavy atom. The zero-order chi connectivity index (χ0) is 15.2. The standard InChI is InChI=1S/C15H25N5O2.HI/c1-2-16-15(17-11-13-4-8-22-18-13)20-5-3-14(12-20)19-6-9-21-10-7-19;/h4,8,14H,2-3,5-7,9-12H2,1H3,(H,16,17);1H. The lowest BCUT2D eigenvalue weighted by molar-refractivity contribution is 0.0195. The number of halogens is 1. The second kappa shape index (κ2) is 9.43. The van der Waals surface area contributed by atoms with Crippen LogP contribution in [0.2, 0.25) is 0 Å². The van der Waals surface area contributed by atoms with Crippen LogP contribution >= 0.6 is 24.0 Å². The summed E-state index contributed by atoms with van der Waals surface area (Å²) in [6.07, 6.45) is 2.77. The molecule has 1 N–H and O–H groups in total. The smallest absolute Gasteiger partial charge is 0.194 e. The van der Waals surface area contributed by atoms with Crippen molar-refractivity contribution in [2.75, 3.05) is 45.9 Å². The van der Waals surface area contributed by atoms with E-state index in [1.54, 1.807) is 6.26 Å². The van der Waals surface area contributed by atoms with Gasteiger partial charge in [0.15, 0.2) is 5.96 Å². The van der Waals surface area contributed by atoms with Crippen LogP contribution in [0, 0.1) is 0 Å². The first-order chi connectivity index (χ1) is 10.9. The molecule has 2 fully saturated rings. The topological polar surface area (TPSA) is 66.1 Å². The van der Waals surface area contributed by atoms with Crippen LogP contribution in [0.15, 0.2) is 21.8 Å². The summed E-state index contributed by atoms with van der Waals surface area (Å²) in [5.41, 5.74) is 0.860. The van der Waals surface area contributed by atoms with E-state index in [0.717, 1.165) is 57.6 Å². The summed E-state index contributed by atoms with van der Waals surface area (Å²) >= 11 is 0. The van der Waals surface area contributed by atoms with E-state index >= 15 is 0 Å². The molecule has 3 heterocycles. The number of ether oxygens (including phenoxy) is 1. The molecule has 0 spiro atoms. The second-order valence-corrected chi connectivity index (χ2v) is 5.70. The summed E-state index contributed by atoms with van der Waals surface area (Å²) in [5, 5.41) is 7.30. The monoisotopic (exact) mass is 435 g/mol. The fourth-order valence-electron chi connectivity index (χ4n) is 3.08. The molecule has 7 nitrogen and oxygen atoms in total. The molecule has 0 bridgehead atoms. The summed E-state index contributed by atoms with van der Waals surface area (Å²) < 4.78 is 10.3. The summed E-state index contributed by atoms with van der Waals surface area (Å²) in [5.74, 6) is 0.973. The number of nitrogens with zero attached hydrogens (tertiary/aromatic N) is 4. The average molecular weight is 435 g/mol. The molecule has 8 heteroatoms. The number of morpholine rings is 1. The van der Waals surface area contributed by atoms with Crippen molar-refractivity contribution in [3.05, 3.63) is 18.0 Å². The molecule has 1 aromatic rings. The lowest BCUT2D eigenvalue weighted by Gasteiger charge is -2.32. The number of aromatic nitrogens is 1. The van der Waals surface area contributed by atoms with Crippen LogP contribution in [-0.4, -0.2) is 72.9 Å². The van der Waals surface area contributed by atoms with Gasteiger partial charge in [-0.25, -0.2) is 4.99 Å². The van der Waals surface area contributed by atoms with Crippen LogP contribution < -0.4 is 5.32 Å². The second-order valence-electron chi connectivity index (χ2n) is 5.70. The maximum absolute atomic E-state index is 5.44. The number of hydrogen-bond acceptors (Lipinski definition) is 5. The highest BCUT2D eigenvalue weighted by Gasteiger charge is 2.30. The molecule has 2 aliphatic heterocycles. The molecule has 0 amide bonds. The lowest BCUT2D eigenvalue weighted by Crippen LogP contribution is -2.46. The van der Waals surface area contributed by atoms with Gasteiger partial charge in [-0.2, -0.15) is 0 Å².